The Balaban J connectivity index is 1.96. The molecule has 0 bridgehead atoms. The summed E-state index contributed by atoms with van der Waals surface area (Å²) in [6.45, 7) is 0.461. The highest BCUT2D eigenvalue weighted by atomic mass is 32.2. The van der Waals surface area contributed by atoms with Gasteiger partial charge in [-0.1, -0.05) is 18.2 Å². The first-order chi connectivity index (χ1) is 11.1. The third-order valence-electron chi connectivity index (χ3n) is 3.14. The molecule has 0 aliphatic heterocycles. The fourth-order valence-electron chi connectivity index (χ4n) is 1.98. The molecule has 0 unspecified atom stereocenters. The van der Waals surface area contributed by atoms with Crippen molar-refractivity contribution >= 4 is 35.0 Å². The average molecular weight is 350 g/mol. The molecule has 1 amide bonds. The molecule has 0 fully saturated rings. The van der Waals surface area contributed by atoms with Crippen molar-refractivity contribution in [1.82, 2.24) is 10.3 Å². The van der Waals surface area contributed by atoms with Crippen molar-refractivity contribution in [3.8, 4) is 10.6 Å². The van der Waals surface area contributed by atoms with Crippen LogP contribution in [0, 0.1) is 0 Å². The Kier molecular flexibility index (Phi) is 6.61. The lowest BCUT2D eigenvalue weighted by Gasteiger charge is -2.06. The molecule has 0 saturated carbocycles. The Labute approximate surface area is 143 Å². The van der Waals surface area contributed by atoms with Gasteiger partial charge in [0.2, 0.25) is 5.91 Å². The monoisotopic (exact) mass is 350 g/mol. The van der Waals surface area contributed by atoms with E-state index in [1.165, 1.54) is 16.7 Å². The Morgan fingerprint density at radius 2 is 2.22 bits per heavy atom. The summed E-state index contributed by atoms with van der Waals surface area (Å²) in [5.41, 5.74) is 1.88. The molecular formula is C16H18N2O3S2. The summed E-state index contributed by atoms with van der Waals surface area (Å²) in [6, 6.07) is 7.62. The number of aromatic carboxylic acids is 1. The lowest BCUT2D eigenvalue weighted by Crippen LogP contribution is -2.22. The molecule has 1 aromatic carbocycles. The molecule has 23 heavy (non-hydrogen) atoms. The predicted octanol–water partition coefficient (Wildman–Crippen LogP) is 3.27. The first-order valence-electron chi connectivity index (χ1n) is 7.14. The quantitative estimate of drug-likeness (QED) is 0.714. The second kappa shape index (κ2) is 8.69. The highest BCUT2D eigenvalue weighted by molar-refractivity contribution is 7.98. The summed E-state index contributed by atoms with van der Waals surface area (Å²) >= 11 is 3.03. The molecule has 0 aliphatic rings. The number of carboxylic acid groups (broad SMARTS) is 1. The van der Waals surface area contributed by atoms with Crippen LogP contribution in [-0.4, -0.2) is 34.0 Å². The predicted molar refractivity (Wildman–Crippen MR) is 94.0 cm³/mol. The number of carbonyl (C=O) groups is 2. The van der Waals surface area contributed by atoms with E-state index in [1.807, 2.05) is 30.5 Å². The van der Waals surface area contributed by atoms with Crippen LogP contribution < -0.4 is 5.32 Å². The number of nitrogens with zero attached hydrogens (tertiary/aromatic N) is 1. The van der Waals surface area contributed by atoms with E-state index in [-0.39, 0.29) is 11.6 Å². The SMILES string of the molecule is CSCCCC(=O)NCc1cccc(-c2nc(C(=O)O)cs2)c1. The summed E-state index contributed by atoms with van der Waals surface area (Å²) in [7, 11) is 0. The van der Waals surface area contributed by atoms with Gasteiger partial charge in [0.15, 0.2) is 5.69 Å². The van der Waals surface area contributed by atoms with Gasteiger partial charge < -0.3 is 10.4 Å². The van der Waals surface area contributed by atoms with E-state index in [0.717, 1.165) is 23.3 Å². The second-order valence-electron chi connectivity index (χ2n) is 4.92. The molecule has 7 heteroatoms. The van der Waals surface area contributed by atoms with E-state index in [1.54, 1.807) is 11.8 Å². The molecule has 2 aromatic rings. The van der Waals surface area contributed by atoms with Gasteiger partial charge in [-0.2, -0.15) is 11.8 Å². The second-order valence-corrected chi connectivity index (χ2v) is 6.76. The van der Waals surface area contributed by atoms with Crippen LogP contribution in [0.15, 0.2) is 29.6 Å². The standard InChI is InChI=1S/C16H18N2O3S2/c1-22-7-3-6-14(19)17-9-11-4-2-5-12(8-11)15-18-13(10-23-15)16(20)21/h2,4-5,8,10H,3,6-7,9H2,1H3,(H,17,19)(H,20,21). The molecule has 2 N–H and O–H groups in total. The van der Waals surface area contributed by atoms with Gasteiger partial charge in [0.1, 0.15) is 5.01 Å². The largest absolute Gasteiger partial charge is 0.476 e. The fraction of sp³-hybridized carbons (Fsp3) is 0.312. The maximum Gasteiger partial charge on any atom is 0.355 e. The number of amides is 1. The molecule has 2 rings (SSSR count). The maximum atomic E-state index is 11.7. The zero-order chi connectivity index (χ0) is 16.7. The summed E-state index contributed by atoms with van der Waals surface area (Å²) < 4.78 is 0. The van der Waals surface area contributed by atoms with Crippen LogP contribution in [0.25, 0.3) is 10.6 Å². The van der Waals surface area contributed by atoms with E-state index < -0.39 is 5.97 Å². The topological polar surface area (TPSA) is 79.3 Å². The van der Waals surface area contributed by atoms with E-state index in [4.69, 9.17) is 5.11 Å². The van der Waals surface area contributed by atoms with Crippen molar-refractivity contribution in [3.63, 3.8) is 0 Å². The molecule has 0 aliphatic carbocycles. The Morgan fingerprint density at radius 1 is 1.39 bits per heavy atom. The van der Waals surface area contributed by atoms with E-state index in [9.17, 15) is 9.59 Å². The van der Waals surface area contributed by atoms with E-state index in [0.29, 0.717) is 18.0 Å². The van der Waals surface area contributed by atoms with Gasteiger partial charge in [0.05, 0.1) is 0 Å². The van der Waals surface area contributed by atoms with Crippen LogP contribution >= 0.6 is 23.1 Å². The van der Waals surface area contributed by atoms with Gasteiger partial charge in [-0.25, -0.2) is 9.78 Å². The molecule has 0 radical (unpaired) electrons. The Bertz CT molecular complexity index is 685. The zero-order valence-corrected chi connectivity index (χ0v) is 14.4. The van der Waals surface area contributed by atoms with Gasteiger partial charge in [0, 0.05) is 23.9 Å². The van der Waals surface area contributed by atoms with Crippen LogP contribution in [-0.2, 0) is 11.3 Å². The molecule has 0 spiro atoms. The Hall–Kier alpha value is -1.86. The van der Waals surface area contributed by atoms with Crippen molar-refractivity contribution in [2.75, 3.05) is 12.0 Å². The summed E-state index contributed by atoms with van der Waals surface area (Å²) in [5.74, 6) is 0.00630. The van der Waals surface area contributed by atoms with Gasteiger partial charge in [-0.15, -0.1) is 11.3 Å². The summed E-state index contributed by atoms with van der Waals surface area (Å²) in [5, 5.41) is 14.0. The minimum atomic E-state index is -1.03. The lowest BCUT2D eigenvalue weighted by molar-refractivity contribution is -0.121. The normalized spacial score (nSPS) is 10.5. The van der Waals surface area contributed by atoms with Gasteiger partial charge >= 0.3 is 5.97 Å². The summed E-state index contributed by atoms with van der Waals surface area (Å²) in [6.07, 6.45) is 3.44. The minimum absolute atomic E-state index is 0.0480. The first kappa shape index (κ1) is 17.5. The highest BCUT2D eigenvalue weighted by Crippen LogP contribution is 2.24. The van der Waals surface area contributed by atoms with Crippen molar-refractivity contribution < 1.29 is 14.7 Å². The van der Waals surface area contributed by atoms with E-state index >= 15 is 0 Å². The third-order valence-corrected chi connectivity index (χ3v) is 4.73. The van der Waals surface area contributed by atoms with E-state index in [2.05, 4.69) is 10.3 Å². The third kappa shape index (κ3) is 5.37. The number of hydrogen-bond donors (Lipinski definition) is 2. The van der Waals surface area contributed by atoms with Crippen LogP contribution in [0.2, 0.25) is 0 Å². The van der Waals surface area contributed by atoms with Crippen molar-refractivity contribution in [2.24, 2.45) is 0 Å². The van der Waals surface area contributed by atoms with Gasteiger partial charge in [-0.05, 0) is 30.1 Å². The molecule has 0 saturated heterocycles. The van der Waals surface area contributed by atoms with Crippen LogP contribution in [0.4, 0.5) is 0 Å². The molecule has 0 atom stereocenters. The molecule has 122 valence electrons. The number of carboxylic acids is 1. The molecule has 1 aromatic heterocycles. The smallest absolute Gasteiger partial charge is 0.355 e. The number of carbonyl (C=O) groups excluding carboxylic acids is 1. The molecule has 5 nitrogen and oxygen atoms in total. The Morgan fingerprint density at radius 3 is 2.91 bits per heavy atom. The lowest BCUT2D eigenvalue weighted by atomic mass is 10.1. The van der Waals surface area contributed by atoms with Crippen LogP contribution in [0.5, 0.6) is 0 Å². The van der Waals surface area contributed by atoms with Crippen LogP contribution in [0.1, 0.15) is 28.9 Å². The van der Waals surface area contributed by atoms with Gasteiger partial charge in [-0.3, -0.25) is 4.79 Å². The maximum absolute atomic E-state index is 11.7. The number of benzene rings is 1. The van der Waals surface area contributed by atoms with Crippen LogP contribution in [0.3, 0.4) is 0 Å². The summed E-state index contributed by atoms with van der Waals surface area (Å²) in [4.78, 5) is 26.7. The van der Waals surface area contributed by atoms with Gasteiger partial charge in [0.25, 0.3) is 0 Å². The highest BCUT2D eigenvalue weighted by Gasteiger charge is 2.10. The van der Waals surface area contributed by atoms with Crippen molar-refractivity contribution in [2.45, 2.75) is 19.4 Å². The number of hydrogen-bond acceptors (Lipinski definition) is 5. The first-order valence-corrected chi connectivity index (χ1v) is 9.41. The number of rotatable bonds is 8. The molecule has 1 heterocycles. The fourth-order valence-corrected chi connectivity index (χ4v) is 3.21. The number of aromatic nitrogens is 1. The molecular weight excluding hydrogens is 332 g/mol. The zero-order valence-electron chi connectivity index (χ0n) is 12.7. The van der Waals surface area contributed by atoms with Crippen molar-refractivity contribution in [3.05, 3.63) is 40.9 Å². The average Bonchev–Trinajstić information content (AvgIpc) is 3.04. The van der Waals surface area contributed by atoms with Crippen molar-refractivity contribution in [1.29, 1.82) is 0 Å². The minimum Gasteiger partial charge on any atom is -0.476 e. The number of thiazole rings is 1. The number of thioether (sulfide) groups is 1. The number of nitrogens with one attached hydrogen (secondary N) is 1.